The highest BCUT2D eigenvalue weighted by atomic mass is 35.5. The van der Waals surface area contributed by atoms with Crippen LogP contribution in [0.5, 0.6) is 0 Å². The van der Waals surface area contributed by atoms with Crippen molar-refractivity contribution in [1.29, 1.82) is 0 Å². The maximum absolute atomic E-state index is 11.7. The van der Waals surface area contributed by atoms with E-state index in [1.54, 1.807) is 4.68 Å². The van der Waals surface area contributed by atoms with E-state index in [9.17, 15) is 4.79 Å². The minimum absolute atomic E-state index is 0.202. The zero-order chi connectivity index (χ0) is 12.4. The van der Waals surface area contributed by atoms with Crippen molar-refractivity contribution in [3.8, 4) is 0 Å². The molecule has 5 nitrogen and oxygen atoms in total. The molecule has 0 aliphatic heterocycles. The van der Waals surface area contributed by atoms with Crippen LogP contribution in [0.15, 0.2) is 22.7 Å². The van der Waals surface area contributed by atoms with Crippen LogP contribution in [-0.4, -0.2) is 15.7 Å². The number of amides is 1. The minimum atomic E-state index is -0.292. The average Bonchev–Trinajstić information content (AvgIpc) is 2.82. The third-order valence-electron chi connectivity index (χ3n) is 2.35. The summed E-state index contributed by atoms with van der Waals surface area (Å²) in [6.07, 6.45) is 1.87. The Morgan fingerprint density at radius 3 is 2.88 bits per heavy atom. The van der Waals surface area contributed by atoms with Gasteiger partial charge >= 0.3 is 0 Å². The summed E-state index contributed by atoms with van der Waals surface area (Å²) >= 11 is 5.59. The van der Waals surface area contributed by atoms with Crippen molar-refractivity contribution in [2.24, 2.45) is 7.05 Å². The van der Waals surface area contributed by atoms with Gasteiger partial charge in [0.15, 0.2) is 11.0 Å². The third kappa shape index (κ3) is 2.68. The second kappa shape index (κ2) is 4.63. The molecule has 17 heavy (non-hydrogen) atoms. The molecule has 0 saturated heterocycles. The maximum atomic E-state index is 11.7. The molecule has 0 aliphatic carbocycles. The summed E-state index contributed by atoms with van der Waals surface area (Å²) in [4.78, 5) is 11.7. The predicted molar refractivity (Wildman–Crippen MR) is 62.8 cm³/mol. The molecule has 0 radical (unpaired) electrons. The van der Waals surface area contributed by atoms with Crippen LogP contribution in [0.1, 0.15) is 21.8 Å². The third-order valence-corrected chi connectivity index (χ3v) is 2.55. The summed E-state index contributed by atoms with van der Waals surface area (Å²) in [6.45, 7) is 2.31. The van der Waals surface area contributed by atoms with Crippen LogP contribution in [0.25, 0.3) is 0 Å². The lowest BCUT2D eigenvalue weighted by atomic mass is 10.2. The van der Waals surface area contributed by atoms with Gasteiger partial charge < -0.3 is 9.73 Å². The van der Waals surface area contributed by atoms with Gasteiger partial charge in [0, 0.05) is 25.4 Å². The van der Waals surface area contributed by atoms with E-state index in [1.807, 2.05) is 20.2 Å². The largest absolute Gasteiger partial charge is 0.440 e. The Kier molecular flexibility index (Phi) is 3.19. The number of nitrogens with zero attached hydrogens (tertiary/aromatic N) is 2. The Morgan fingerprint density at radius 1 is 1.59 bits per heavy atom. The van der Waals surface area contributed by atoms with Crippen LogP contribution in [0.3, 0.4) is 0 Å². The average molecular weight is 254 g/mol. The molecule has 0 spiro atoms. The predicted octanol–water partition coefficient (Wildman–Crippen LogP) is 1.90. The van der Waals surface area contributed by atoms with Gasteiger partial charge in [-0.3, -0.25) is 9.48 Å². The molecule has 0 atom stereocenters. The molecular formula is C11H12ClN3O2. The van der Waals surface area contributed by atoms with Crippen molar-refractivity contribution in [3.63, 3.8) is 0 Å². The SMILES string of the molecule is Cc1nn(C)cc1CNC(=O)c1ccc(Cl)o1. The van der Waals surface area contributed by atoms with Gasteiger partial charge in [-0.2, -0.15) is 5.10 Å². The molecule has 2 aromatic rings. The van der Waals surface area contributed by atoms with Gasteiger partial charge in [0.2, 0.25) is 0 Å². The summed E-state index contributed by atoms with van der Waals surface area (Å²) in [5, 5.41) is 7.13. The van der Waals surface area contributed by atoms with Crippen molar-refractivity contribution in [3.05, 3.63) is 40.6 Å². The Morgan fingerprint density at radius 2 is 2.35 bits per heavy atom. The summed E-state index contributed by atoms with van der Waals surface area (Å²) in [5.74, 6) is -0.0864. The number of furan rings is 1. The number of rotatable bonds is 3. The second-order valence-electron chi connectivity index (χ2n) is 3.70. The number of nitrogens with one attached hydrogen (secondary N) is 1. The molecule has 90 valence electrons. The fourth-order valence-electron chi connectivity index (χ4n) is 1.52. The van der Waals surface area contributed by atoms with Gasteiger partial charge in [0.1, 0.15) is 0 Å². The van der Waals surface area contributed by atoms with Crippen LogP contribution in [-0.2, 0) is 13.6 Å². The maximum Gasteiger partial charge on any atom is 0.287 e. The number of carbonyl (C=O) groups is 1. The van der Waals surface area contributed by atoms with Crippen molar-refractivity contribution >= 4 is 17.5 Å². The molecule has 0 fully saturated rings. The van der Waals surface area contributed by atoms with E-state index in [1.165, 1.54) is 12.1 Å². The molecule has 2 heterocycles. The Hall–Kier alpha value is -1.75. The van der Waals surface area contributed by atoms with Gasteiger partial charge in [-0.15, -0.1) is 0 Å². The molecule has 1 N–H and O–H groups in total. The summed E-state index contributed by atoms with van der Waals surface area (Å²) in [7, 11) is 1.84. The van der Waals surface area contributed by atoms with Crippen molar-refractivity contribution in [1.82, 2.24) is 15.1 Å². The van der Waals surface area contributed by atoms with E-state index in [0.29, 0.717) is 6.54 Å². The van der Waals surface area contributed by atoms with Crippen molar-refractivity contribution in [2.75, 3.05) is 0 Å². The Bertz CT molecular complexity index is 545. The van der Waals surface area contributed by atoms with E-state index < -0.39 is 0 Å². The number of hydrogen-bond donors (Lipinski definition) is 1. The van der Waals surface area contributed by atoms with Crippen LogP contribution >= 0.6 is 11.6 Å². The highest BCUT2D eigenvalue weighted by molar-refractivity contribution is 6.29. The lowest BCUT2D eigenvalue weighted by Crippen LogP contribution is -2.22. The van der Waals surface area contributed by atoms with Crippen LogP contribution in [0, 0.1) is 6.92 Å². The first-order valence-corrected chi connectivity index (χ1v) is 5.46. The smallest absolute Gasteiger partial charge is 0.287 e. The first-order valence-electron chi connectivity index (χ1n) is 5.09. The van der Waals surface area contributed by atoms with E-state index in [2.05, 4.69) is 10.4 Å². The number of aryl methyl sites for hydroxylation is 2. The van der Waals surface area contributed by atoms with Crippen LogP contribution in [0.2, 0.25) is 5.22 Å². The van der Waals surface area contributed by atoms with Crippen LogP contribution in [0.4, 0.5) is 0 Å². The van der Waals surface area contributed by atoms with Crippen molar-refractivity contribution < 1.29 is 9.21 Å². The van der Waals surface area contributed by atoms with Gasteiger partial charge in [0.05, 0.1) is 5.69 Å². The molecule has 6 heteroatoms. The molecular weight excluding hydrogens is 242 g/mol. The fraction of sp³-hybridized carbons (Fsp3) is 0.273. The summed E-state index contributed by atoms with van der Waals surface area (Å²) < 4.78 is 6.71. The van der Waals surface area contributed by atoms with Gasteiger partial charge in [-0.25, -0.2) is 0 Å². The first kappa shape index (κ1) is 11.7. The van der Waals surface area contributed by atoms with Crippen LogP contribution < -0.4 is 5.32 Å². The van der Waals surface area contributed by atoms with E-state index in [-0.39, 0.29) is 16.9 Å². The molecule has 0 aliphatic rings. The number of aromatic nitrogens is 2. The quantitative estimate of drug-likeness (QED) is 0.909. The Balaban J connectivity index is 1.99. The number of halogens is 1. The van der Waals surface area contributed by atoms with E-state index >= 15 is 0 Å². The molecule has 1 amide bonds. The van der Waals surface area contributed by atoms with Gasteiger partial charge in [-0.1, -0.05) is 0 Å². The Labute approximate surface area is 103 Å². The molecule has 0 bridgehead atoms. The van der Waals surface area contributed by atoms with E-state index in [4.69, 9.17) is 16.0 Å². The van der Waals surface area contributed by atoms with Gasteiger partial charge in [0.25, 0.3) is 5.91 Å². The number of hydrogen-bond acceptors (Lipinski definition) is 3. The minimum Gasteiger partial charge on any atom is -0.440 e. The molecule has 2 aromatic heterocycles. The molecule has 0 unspecified atom stereocenters. The molecule has 2 rings (SSSR count). The topological polar surface area (TPSA) is 60.1 Å². The lowest BCUT2D eigenvalue weighted by Gasteiger charge is -2.01. The summed E-state index contributed by atoms with van der Waals surface area (Å²) in [5.41, 5.74) is 1.86. The first-order chi connectivity index (χ1) is 8.06. The monoisotopic (exact) mass is 253 g/mol. The lowest BCUT2D eigenvalue weighted by molar-refractivity contribution is 0.0923. The second-order valence-corrected chi connectivity index (χ2v) is 4.07. The zero-order valence-electron chi connectivity index (χ0n) is 9.53. The number of carbonyl (C=O) groups excluding carboxylic acids is 1. The highest BCUT2D eigenvalue weighted by Gasteiger charge is 2.11. The van der Waals surface area contributed by atoms with Gasteiger partial charge in [-0.05, 0) is 30.7 Å². The zero-order valence-corrected chi connectivity index (χ0v) is 10.3. The normalized spacial score (nSPS) is 10.5. The van der Waals surface area contributed by atoms with E-state index in [0.717, 1.165) is 11.3 Å². The fourth-order valence-corrected chi connectivity index (χ4v) is 1.67. The molecule has 0 aromatic carbocycles. The molecule has 0 saturated carbocycles. The highest BCUT2D eigenvalue weighted by Crippen LogP contribution is 2.13. The standard InChI is InChI=1S/C11H12ClN3O2/c1-7-8(6-15(2)14-7)5-13-11(16)9-3-4-10(12)17-9/h3-4,6H,5H2,1-2H3,(H,13,16). The summed E-state index contributed by atoms with van der Waals surface area (Å²) in [6, 6.07) is 3.07. The van der Waals surface area contributed by atoms with Crippen molar-refractivity contribution in [2.45, 2.75) is 13.5 Å².